The lowest BCUT2D eigenvalue weighted by atomic mass is 9.99. The van der Waals surface area contributed by atoms with Crippen LogP contribution in [0, 0.1) is 5.92 Å². The molecule has 0 heterocycles. The maximum Gasteiger partial charge on any atom is 0.227 e. The summed E-state index contributed by atoms with van der Waals surface area (Å²) in [6, 6.07) is 6.47. The Labute approximate surface area is 129 Å². The second-order valence-electron chi connectivity index (χ2n) is 5.96. The number of nitrogens with two attached hydrogens (primary N) is 1. The van der Waals surface area contributed by atoms with Crippen LogP contribution in [0.5, 0.6) is 0 Å². The summed E-state index contributed by atoms with van der Waals surface area (Å²) < 4.78 is 0. The lowest BCUT2D eigenvalue weighted by Gasteiger charge is -2.17. The molecule has 0 aromatic heterocycles. The summed E-state index contributed by atoms with van der Waals surface area (Å²) in [6.07, 6.45) is 4.74. The zero-order valence-corrected chi connectivity index (χ0v) is 13.9. The van der Waals surface area contributed by atoms with E-state index in [1.807, 2.05) is 13.8 Å². The predicted octanol–water partition coefficient (Wildman–Crippen LogP) is 3.90. The van der Waals surface area contributed by atoms with Crippen LogP contribution in [0.2, 0.25) is 0 Å². The highest BCUT2D eigenvalue weighted by molar-refractivity contribution is 5.93. The first-order valence-corrected chi connectivity index (χ1v) is 8.16. The van der Waals surface area contributed by atoms with E-state index in [9.17, 15) is 4.79 Å². The van der Waals surface area contributed by atoms with Gasteiger partial charge in [-0.05, 0) is 43.7 Å². The van der Waals surface area contributed by atoms with Gasteiger partial charge in [-0.25, -0.2) is 0 Å². The summed E-state index contributed by atoms with van der Waals surface area (Å²) in [5.74, 6) is 0.147. The summed E-state index contributed by atoms with van der Waals surface area (Å²) in [4.78, 5) is 12.4. The SMILES string of the molecule is CCc1cccc(CC)c1NC(=O)C(C)CCCC(C)N. The molecule has 2 atom stereocenters. The fourth-order valence-electron chi connectivity index (χ4n) is 2.53. The summed E-state index contributed by atoms with van der Waals surface area (Å²) in [5, 5.41) is 3.15. The minimum atomic E-state index is 0.0263. The molecular formula is C18H30N2O. The number of aryl methyl sites for hydroxylation is 2. The standard InChI is InChI=1S/C18H30N2O/c1-5-15-11-8-12-16(6-2)17(15)20-18(21)13(3)9-7-10-14(4)19/h8,11-14H,5-7,9-10,19H2,1-4H3,(H,20,21). The molecule has 0 saturated heterocycles. The van der Waals surface area contributed by atoms with E-state index in [-0.39, 0.29) is 17.9 Å². The van der Waals surface area contributed by atoms with Gasteiger partial charge in [-0.3, -0.25) is 4.79 Å². The third-order valence-electron chi connectivity index (χ3n) is 3.99. The monoisotopic (exact) mass is 290 g/mol. The van der Waals surface area contributed by atoms with E-state index in [0.717, 1.165) is 37.8 Å². The van der Waals surface area contributed by atoms with Gasteiger partial charge >= 0.3 is 0 Å². The van der Waals surface area contributed by atoms with E-state index in [1.165, 1.54) is 11.1 Å². The number of carbonyl (C=O) groups is 1. The van der Waals surface area contributed by atoms with E-state index in [2.05, 4.69) is 37.4 Å². The van der Waals surface area contributed by atoms with Crippen molar-refractivity contribution < 1.29 is 4.79 Å². The molecule has 0 spiro atoms. The van der Waals surface area contributed by atoms with Crippen LogP contribution in [0.15, 0.2) is 18.2 Å². The number of para-hydroxylation sites is 1. The van der Waals surface area contributed by atoms with Crippen LogP contribution in [0.4, 0.5) is 5.69 Å². The number of nitrogens with one attached hydrogen (secondary N) is 1. The molecular weight excluding hydrogens is 260 g/mol. The fraction of sp³-hybridized carbons (Fsp3) is 0.611. The Bertz CT molecular complexity index is 432. The quantitative estimate of drug-likeness (QED) is 0.763. The lowest BCUT2D eigenvalue weighted by Crippen LogP contribution is -2.23. The Balaban J connectivity index is 2.69. The van der Waals surface area contributed by atoms with Gasteiger partial charge in [0.15, 0.2) is 0 Å². The van der Waals surface area contributed by atoms with E-state index < -0.39 is 0 Å². The van der Waals surface area contributed by atoms with Crippen LogP contribution in [0.25, 0.3) is 0 Å². The first kappa shape index (κ1) is 17.7. The number of anilines is 1. The van der Waals surface area contributed by atoms with E-state index in [0.29, 0.717) is 0 Å². The zero-order chi connectivity index (χ0) is 15.8. The lowest BCUT2D eigenvalue weighted by molar-refractivity contribution is -0.119. The summed E-state index contributed by atoms with van der Waals surface area (Å²) in [5.41, 5.74) is 9.20. The zero-order valence-electron chi connectivity index (χ0n) is 13.9. The molecule has 1 aromatic carbocycles. The fourth-order valence-corrected chi connectivity index (χ4v) is 2.53. The summed E-state index contributed by atoms with van der Waals surface area (Å²) >= 11 is 0. The number of hydrogen-bond acceptors (Lipinski definition) is 2. The van der Waals surface area contributed by atoms with E-state index in [1.54, 1.807) is 0 Å². The predicted molar refractivity (Wildman–Crippen MR) is 90.5 cm³/mol. The number of amides is 1. The molecule has 3 heteroatoms. The first-order valence-electron chi connectivity index (χ1n) is 8.16. The molecule has 3 N–H and O–H groups in total. The second-order valence-corrected chi connectivity index (χ2v) is 5.96. The number of carbonyl (C=O) groups excluding carboxylic acids is 1. The van der Waals surface area contributed by atoms with Crippen molar-refractivity contribution >= 4 is 11.6 Å². The largest absolute Gasteiger partial charge is 0.328 e. The molecule has 1 amide bonds. The maximum absolute atomic E-state index is 12.4. The van der Waals surface area contributed by atoms with Crippen LogP contribution < -0.4 is 11.1 Å². The molecule has 0 fully saturated rings. The molecule has 0 aliphatic rings. The van der Waals surface area contributed by atoms with Gasteiger partial charge in [0.1, 0.15) is 0 Å². The summed E-state index contributed by atoms with van der Waals surface area (Å²) in [6.45, 7) is 8.25. The smallest absolute Gasteiger partial charge is 0.227 e. The van der Waals surface area contributed by atoms with Gasteiger partial charge in [-0.15, -0.1) is 0 Å². The molecule has 0 radical (unpaired) electrons. The molecule has 3 nitrogen and oxygen atoms in total. The molecule has 1 aromatic rings. The van der Waals surface area contributed by atoms with Crippen molar-refractivity contribution in [2.45, 2.75) is 65.8 Å². The average molecular weight is 290 g/mol. The van der Waals surface area contributed by atoms with Gasteiger partial charge < -0.3 is 11.1 Å². The molecule has 0 aliphatic carbocycles. The molecule has 118 valence electrons. The van der Waals surface area contributed by atoms with Crippen LogP contribution in [-0.2, 0) is 17.6 Å². The van der Waals surface area contributed by atoms with Crippen molar-refractivity contribution in [1.82, 2.24) is 0 Å². The van der Waals surface area contributed by atoms with Gasteiger partial charge in [0.05, 0.1) is 0 Å². The normalized spacial score (nSPS) is 13.8. The molecule has 1 rings (SSSR count). The van der Waals surface area contributed by atoms with Gasteiger partial charge in [0.2, 0.25) is 5.91 Å². The van der Waals surface area contributed by atoms with Crippen molar-refractivity contribution in [1.29, 1.82) is 0 Å². The topological polar surface area (TPSA) is 55.1 Å². The summed E-state index contributed by atoms with van der Waals surface area (Å²) in [7, 11) is 0. The van der Waals surface area contributed by atoms with Gasteiger partial charge in [-0.1, -0.05) is 45.4 Å². The Morgan fingerprint density at radius 3 is 2.19 bits per heavy atom. The maximum atomic E-state index is 12.4. The minimum absolute atomic E-state index is 0.0263. The van der Waals surface area contributed by atoms with Crippen LogP contribution in [-0.4, -0.2) is 11.9 Å². The molecule has 2 unspecified atom stereocenters. The Hall–Kier alpha value is -1.35. The van der Waals surface area contributed by atoms with Crippen molar-refractivity contribution in [3.8, 4) is 0 Å². The minimum Gasteiger partial charge on any atom is -0.328 e. The van der Waals surface area contributed by atoms with Crippen molar-refractivity contribution in [2.24, 2.45) is 11.7 Å². The first-order chi connectivity index (χ1) is 9.99. The number of rotatable bonds is 8. The van der Waals surface area contributed by atoms with E-state index >= 15 is 0 Å². The molecule has 0 saturated carbocycles. The van der Waals surface area contributed by atoms with Gasteiger partial charge in [0.25, 0.3) is 0 Å². The Morgan fingerprint density at radius 1 is 1.14 bits per heavy atom. The van der Waals surface area contributed by atoms with E-state index in [4.69, 9.17) is 5.73 Å². The van der Waals surface area contributed by atoms with Crippen molar-refractivity contribution in [3.05, 3.63) is 29.3 Å². The molecule has 0 bridgehead atoms. The highest BCUT2D eigenvalue weighted by Crippen LogP contribution is 2.23. The second kappa shape index (κ2) is 8.83. The van der Waals surface area contributed by atoms with Crippen LogP contribution in [0.3, 0.4) is 0 Å². The van der Waals surface area contributed by atoms with Crippen LogP contribution >= 0.6 is 0 Å². The van der Waals surface area contributed by atoms with Crippen LogP contribution in [0.1, 0.15) is 58.1 Å². The van der Waals surface area contributed by atoms with Gasteiger partial charge in [-0.2, -0.15) is 0 Å². The average Bonchev–Trinajstić information content (AvgIpc) is 2.46. The Morgan fingerprint density at radius 2 is 1.71 bits per heavy atom. The Kier molecular flexibility index (Phi) is 7.44. The molecule has 21 heavy (non-hydrogen) atoms. The van der Waals surface area contributed by atoms with Crippen molar-refractivity contribution in [3.63, 3.8) is 0 Å². The molecule has 0 aliphatic heterocycles. The highest BCUT2D eigenvalue weighted by atomic mass is 16.1. The third-order valence-corrected chi connectivity index (χ3v) is 3.99. The highest BCUT2D eigenvalue weighted by Gasteiger charge is 2.16. The van der Waals surface area contributed by atoms with Gasteiger partial charge in [0, 0.05) is 17.6 Å². The van der Waals surface area contributed by atoms with Crippen molar-refractivity contribution in [2.75, 3.05) is 5.32 Å². The third kappa shape index (κ3) is 5.50. The number of hydrogen-bond donors (Lipinski definition) is 2. The number of benzene rings is 1.